The fraction of sp³-hybridized carbons (Fsp3) is 0.500. The Hall–Kier alpha value is -1.36. The van der Waals surface area contributed by atoms with Crippen molar-refractivity contribution < 1.29 is 18.0 Å². The highest BCUT2D eigenvalue weighted by atomic mass is 19.4. The van der Waals surface area contributed by atoms with Crippen molar-refractivity contribution in [1.29, 1.82) is 0 Å². The van der Waals surface area contributed by atoms with E-state index in [9.17, 15) is 18.0 Å². The normalized spacial score (nSPS) is 16.0. The Morgan fingerprint density at radius 1 is 1.00 bits per heavy atom. The molecule has 1 rings (SSSR count). The molecule has 0 bridgehead atoms. The molecule has 0 saturated heterocycles. The summed E-state index contributed by atoms with van der Waals surface area (Å²) < 4.78 is 38.1. The van der Waals surface area contributed by atoms with Crippen LogP contribution in [0.15, 0.2) is 24.3 Å². The fourth-order valence-electron chi connectivity index (χ4n) is 1.55. The molecule has 0 aromatic heterocycles. The number of hydrogen-bond acceptors (Lipinski definition) is 2. The standard InChI is InChI=1S/C14H18F3NO/c1-12(2,3)10-7-5-9(6-8-10)11(19)13(4,18)14(15,16)17/h5-8H,18H2,1-4H3. The molecule has 1 atom stereocenters. The Balaban J connectivity index is 3.10. The summed E-state index contributed by atoms with van der Waals surface area (Å²) in [5.74, 6) is -1.12. The van der Waals surface area contributed by atoms with Crippen molar-refractivity contribution in [1.82, 2.24) is 0 Å². The van der Waals surface area contributed by atoms with E-state index in [0.29, 0.717) is 6.92 Å². The number of alkyl halides is 3. The summed E-state index contributed by atoms with van der Waals surface area (Å²) in [5, 5.41) is 0. The minimum absolute atomic E-state index is 0.0321. The number of carbonyl (C=O) groups is 1. The van der Waals surface area contributed by atoms with Gasteiger partial charge in [-0.1, -0.05) is 45.0 Å². The summed E-state index contributed by atoms with van der Waals surface area (Å²) >= 11 is 0. The van der Waals surface area contributed by atoms with Gasteiger partial charge in [0.2, 0.25) is 0 Å². The van der Waals surface area contributed by atoms with E-state index in [1.165, 1.54) is 12.1 Å². The van der Waals surface area contributed by atoms with Gasteiger partial charge in [-0.3, -0.25) is 4.79 Å². The first-order valence-corrected chi connectivity index (χ1v) is 5.88. The van der Waals surface area contributed by atoms with Crippen LogP contribution in [-0.4, -0.2) is 17.5 Å². The number of ketones is 1. The SMILES string of the molecule is CC(C)(C)c1ccc(C(=O)C(C)(N)C(F)(F)F)cc1. The Bertz CT molecular complexity index is 467. The first kappa shape index (κ1) is 15.7. The van der Waals surface area contributed by atoms with E-state index in [2.05, 4.69) is 0 Å². The van der Waals surface area contributed by atoms with E-state index in [1.807, 2.05) is 20.8 Å². The van der Waals surface area contributed by atoms with Crippen molar-refractivity contribution in [2.75, 3.05) is 0 Å². The number of halogens is 3. The van der Waals surface area contributed by atoms with Crippen molar-refractivity contribution in [2.45, 2.75) is 44.8 Å². The minimum atomic E-state index is -4.77. The molecule has 106 valence electrons. The maximum absolute atomic E-state index is 12.7. The lowest BCUT2D eigenvalue weighted by molar-refractivity contribution is -0.165. The van der Waals surface area contributed by atoms with Crippen LogP contribution in [-0.2, 0) is 5.41 Å². The highest BCUT2D eigenvalue weighted by Gasteiger charge is 2.53. The predicted molar refractivity (Wildman–Crippen MR) is 68.1 cm³/mol. The number of rotatable bonds is 2. The second-order valence-electron chi connectivity index (χ2n) is 5.86. The van der Waals surface area contributed by atoms with Gasteiger partial charge in [-0.15, -0.1) is 0 Å². The fourth-order valence-corrected chi connectivity index (χ4v) is 1.55. The van der Waals surface area contributed by atoms with Crippen LogP contribution in [0.1, 0.15) is 43.6 Å². The Morgan fingerprint density at radius 2 is 1.42 bits per heavy atom. The molecule has 1 aromatic rings. The average molecular weight is 273 g/mol. The van der Waals surface area contributed by atoms with Crippen LogP contribution < -0.4 is 5.73 Å². The molecule has 0 saturated carbocycles. The van der Waals surface area contributed by atoms with Gasteiger partial charge in [0.05, 0.1) is 0 Å². The van der Waals surface area contributed by atoms with Gasteiger partial charge in [-0.25, -0.2) is 0 Å². The summed E-state index contributed by atoms with van der Waals surface area (Å²) in [6.45, 7) is 6.62. The molecule has 0 heterocycles. The molecular formula is C14H18F3NO. The molecule has 19 heavy (non-hydrogen) atoms. The van der Waals surface area contributed by atoms with Crippen LogP contribution in [0.3, 0.4) is 0 Å². The van der Waals surface area contributed by atoms with E-state index in [1.54, 1.807) is 12.1 Å². The molecule has 0 spiro atoms. The van der Waals surface area contributed by atoms with Gasteiger partial charge in [0.15, 0.2) is 11.3 Å². The van der Waals surface area contributed by atoms with Gasteiger partial charge < -0.3 is 5.73 Å². The topological polar surface area (TPSA) is 43.1 Å². The highest BCUT2D eigenvalue weighted by molar-refractivity contribution is 6.03. The van der Waals surface area contributed by atoms with Gasteiger partial charge in [0, 0.05) is 5.56 Å². The third kappa shape index (κ3) is 3.15. The second-order valence-corrected chi connectivity index (χ2v) is 5.86. The lowest BCUT2D eigenvalue weighted by Crippen LogP contribution is -2.57. The third-order valence-electron chi connectivity index (χ3n) is 3.07. The van der Waals surface area contributed by atoms with E-state index >= 15 is 0 Å². The quantitative estimate of drug-likeness (QED) is 0.839. The maximum atomic E-state index is 12.7. The van der Waals surface area contributed by atoms with Gasteiger partial charge >= 0.3 is 6.18 Å². The van der Waals surface area contributed by atoms with Crippen LogP contribution in [0.5, 0.6) is 0 Å². The summed E-state index contributed by atoms with van der Waals surface area (Å²) in [4.78, 5) is 11.8. The molecule has 0 aliphatic carbocycles. The lowest BCUT2D eigenvalue weighted by Gasteiger charge is -2.26. The molecule has 2 N–H and O–H groups in total. The first-order valence-electron chi connectivity index (χ1n) is 5.88. The summed E-state index contributed by atoms with van der Waals surface area (Å²) in [6, 6.07) is 6.08. The average Bonchev–Trinajstić information content (AvgIpc) is 2.25. The summed E-state index contributed by atoms with van der Waals surface area (Å²) in [7, 11) is 0. The number of carbonyl (C=O) groups excluding carboxylic acids is 1. The molecule has 1 aromatic carbocycles. The molecule has 0 aliphatic rings. The highest BCUT2D eigenvalue weighted by Crippen LogP contribution is 2.31. The van der Waals surface area contributed by atoms with E-state index in [4.69, 9.17) is 5.73 Å². The van der Waals surface area contributed by atoms with Crippen LogP contribution >= 0.6 is 0 Å². The van der Waals surface area contributed by atoms with Crippen molar-refractivity contribution in [2.24, 2.45) is 5.73 Å². The Morgan fingerprint density at radius 3 is 1.74 bits per heavy atom. The Kier molecular flexibility index (Phi) is 3.83. The summed E-state index contributed by atoms with van der Waals surface area (Å²) in [5.41, 5.74) is 3.03. The molecular weight excluding hydrogens is 255 g/mol. The van der Waals surface area contributed by atoms with Crippen LogP contribution in [0, 0.1) is 0 Å². The van der Waals surface area contributed by atoms with Gasteiger partial charge in [-0.2, -0.15) is 13.2 Å². The Labute approximate surface area is 110 Å². The van der Waals surface area contributed by atoms with Crippen LogP contribution in [0.2, 0.25) is 0 Å². The smallest absolute Gasteiger partial charge is 0.311 e. The van der Waals surface area contributed by atoms with Crippen LogP contribution in [0.25, 0.3) is 0 Å². The number of nitrogens with two attached hydrogens (primary N) is 1. The monoisotopic (exact) mass is 273 g/mol. The molecule has 0 radical (unpaired) electrons. The third-order valence-corrected chi connectivity index (χ3v) is 3.07. The zero-order valence-electron chi connectivity index (χ0n) is 11.4. The molecule has 5 heteroatoms. The van der Waals surface area contributed by atoms with Crippen LogP contribution in [0.4, 0.5) is 13.2 Å². The van der Waals surface area contributed by atoms with Crippen molar-refractivity contribution >= 4 is 5.78 Å². The van der Waals surface area contributed by atoms with Gasteiger partial charge in [0.1, 0.15) is 0 Å². The maximum Gasteiger partial charge on any atom is 0.413 e. The van der Waals surface area contributed by atoms with Gasteiger partial charge in [0.25, 0.3) is 0 Å². The summed E-state index contributed by atoms with van der Waals surface area (Å²) in [6.07, 6.45) is -4.77. The van der Waals surface area contributed by atoms with Gasteiger partial charge in [-0.05, 0) is 17.9 Å². The number of hydrogen-bond donors (Lipinski definition) is 1. The van der Waals surface area contributed by atoms with E-state index in [0.717, 1.165) is 5.56 Å². The largest absolute Gasteiger partial charge is 0.413 e. The van der Waals surface area contributed by atoms with E-state index < -0.39 is 17.5 Å². The van der Waals surface area contributed by atoms with E-state index in [-0.39, 0.29) is 11.0 Å². The number of Topliss-reactive ketones (excluding diaryl/α,β-unsaturated/α-hetero) is 1. The van der Waals surface area contributed by atoms with Crippen molar-refractivity contribution in [3.63, 3.8) is 0 Å². The van der Waals surface area contributed by atoms with Crippen molar-refractivity contribution in [3.8, 4) is 0 Å². The molecule has 1 unspecified atom stereocenters. The molecule has 0 fully saturated rings. The molecule has 0 aliphatic heterocycles. The predicted octanol–water partition coefficient (Wildman–Crippen LogP) is 3.45. The van der Waals surface area contributed by atoms with Crippen molar-refractivity contribution in [3.05, 3.63) is 35.4 Å². The lowest BCUT2D eigenvalue weighted by atomic mass is 9.85. The minimum Gasteiger partial charge on any atom is -0.311 e. The zero-order valence-corrected chi connectivity index (χ0v) is 11.4. The zero-order chi connectivity index (χ0) is 15.1. The molecule has 0 amide bonds. The number of benzene rings is 1. The first-order chi connectivity index (χ1) is 8.37. The molecule has 2 nitrogen and oxygen atoms in total. The second kappa shape index (κ2) is 4.63.